The first kappa shape index (κ1) is 24.6. The van der Waals surface area contributed by atoms with Gasteiger partial charge in [-0.15, -0.1) is 11.3 Å². The van der Waals surface area contributed by atoms with Crippen LogP contribution in [0.25, 0.3) is 10.1 Å². The lowest BCUT2D eigenvalue weighted by Gasteiger charge is -2.29. The van der Waals surface area contributed by atoms with Gasteiger partial charge in [-0.2, -0.15) is 0 Å². The minimum atomic E-state index is -1.13. The summed E-state index contributed by atoms with van der Waals surface area (Å²) in [5, 5.41) is 19.9. The molecule has 3 aromatic rings. The first-order valence-corrected chi connectivity index (χ1v) is 13.7. The number of nitrogens with zero attached hydrogens (tertiary/aromatic N) is 2. The van der Waals surface area contributed by atoms with Crippen LogP contribution in [0.2, 0.25) is 5.02 Å². The van der Waals surface area contributed by atoms with Crippen LogP contribution in [-0.2, 0) is 16.2 Å². The number of aliphatic hydroxyl groups excluding tert-OH is 1. The average molecular weight is 544 g/mol. The summed E-state index contributed by atoms with van der Waals surface area (Å²) in [5.41, 5.74) is 1.43. The number of oxime groups is 1. The molecule has 10 heteroatoms. The van der Waals surface area contributed by atoms with E-state index in [-0.39, 0.29) is 24.2 Å². The molecule has 0 bridgehead atoms. The van der Waals surface area contributed by atoms with Crippen molar-refractivity contribution < 1.29 is 23.9 Å². The third-order valence-electron chi connectivity index (χ3n) is 7.02. The summed E-state index contributed by atoms with van der Waals surface area (Å²) in [4.78, 5) is 21.8. The number of amides is 1. The zero-order valence-electron chi connectivity index (χ0n) is 20.1. The number of ether oxygens (including phenoxy) is 1. The molecule has 3 aliphatic rings. The van der Waals surface area contributed by atoms with E-state index in [0.717, 1.165) is 59.3 Å². The van der Waals surface area contributed by atoms with Crippen LogP contribution in [0.3, 0.4) is 0 Å². The Labute approximate surface area is 222 Å². The maximum absolute atomic E-state index is 14.7. The standard InChI is InChI=1S/C27H27ClFN3O4S/c28-16-4-7-18-19-14-35-31-24(26(19)37-23(18)12-16)27(34)30-21(13-32-9-1-2-10-32)25(33)15-3-8-22(20(29)11-15)36-17-5-6-17/h3-4,7-8,11-12,17,21,25,33H,1-2,5-6,9-10,13-14H2,(H,30,34). The van der Waals surface area contributed by atoms with Gasteiger partial charge >= 0.3 is 0 Å². The molecule has 37 heavy (non-hydrogen) atoms. The Balaban J connectivity index is 1.25. The van der Waals surface area contributed by atoms with Crippen molar-refractivity contribution in [2.45, 2.75) is 50.5 Å². The number of hydrogen-bond donors (Lipinski definition) is 2. The molecule has 2 N–H and O–H groups in total. The quantitative estimate of drug-likeness (QED) is 0.427. The van der Waals surface area contributed by atoms with Crippen molar-refractivity contribution in [2.24, 2.45) is 5.16 Å². The summed E-state index contributed by atoms with van der Waals surface area (Å²) in [7, 11) is 0. The molecule has 1 aliphatic carbocycles. The first-order chi connectivity index (χ1) is 18.0. The number of hydrogen-bond acceptors (Lipinski definition) is 7. The highest BCUT2D eigenvalue weighted by Gasteiger charge is 2.32. The molecule has 2 atom stereocenters. The van der Waals surface area contributed by atoms with E-state index in [0.29, 0.717) is 17.1 Å². The van der Waals surface area contributed by atoms with E-state index in [1.54, 1.807) is 12.1 Å². The molecule has 3 heterocycles. The third-order valence-corrected chi connectivity index (χ3v) is 8.45. The minimum absolute atomic E-state index is 0.0702. The topological polar surface area (TPSA) is 83.4 Å². The zero-order valence-corrected chi connectivity index (χ0v) is 21.7. The molecule has 0 radical (unpaired) electrons. The number of aliphatic hydroxyl groups is 1. The largest absolute Gasteiger partial charge is 0.487 e. The zero-order chi connectivity index (χ0) is 25.5. The van der Waals surface area contributed by atoms with Gasteiger partial charge in [0.05, 0.1) is 17.0 Å². The van der Waals surface area contributed by atoms with E-state index in [2.05, 4.69) is 15.4 Å². The fourth-order valence-electron chi connectivity index (χ4n) is 4.90. The van der Waals surface area contributed by atoms with Gasteiger partial charge < -0.3 is 24.9 Å². The normalized spacial score (nSPS) is 19.2. The molecule has 2 unspecified atom stereocenters. The molecule has 1 saturated heterocycles. The molecule has 7 nitrogen and oxygen atoms in total. The fraction of sp³-hybridized carbons (Fsp3) is 0.407. The fourth-order valence-corrected chi connectivity index (χ4v) is 6.37. The number of fused-ring (bicyclic) bond motifs is 3. The Morgan fingerprint density at radius 3 is 2.84 bits per heavy atom. The van der Waals surface area contributed by atoms with Gasteiger partial charge in [0.25, 0.3) is 5.91 Å². The smallest absolute Gasteiger partial charge is 0.275 e. The van der Waals surface area contributed by atoms with Gasteiger partial charge in [-0.3, -0.25) is 4.79 Å². The van der Waals surface area contributed by atoms with Crippen LogP contribution < -0.4 is 10.1 Å². The van der Waals surface area contributed by atoms with Crippen LogP contribution in [-0.4, -0.2) is 53.4 Å². The Hall–Kier alpha value is -2.72. The van der Waals surface area contributed by atoms with Gasteiger partial charge in [0.1, 0.15) is 12.7 Å². The lowest BCUT2D eigenvalue weighted by Crippen LogP contribution is -2.49. The van der Waals surface area contributed by atoms with Crippen LogP contribution >= 0.6 is 22.9 Å². The number of halogens is 2. The average Bonchev–Trinajstić information content (AvgIpc) is 3.41. The van der Waals surface area contributed by atoms with Crippen molar-refractivity contribution in [3.63, 3.8) is 0 Å². The van der Waals surface area contributed by atoms with Crippen molar-refractivity contribution in [1.82, 2.24) is 10.2 Å². The predicted octanol–water partition coefficient (Wildman–Crippen LogP) is 4.78. The van der Waals surface area contributed by atoms with Crippen molar-refractivity contribution >= 4 is 44.6 Å². The second-order valence-corrected chi connectivity index (χ2v) is 11.3. The summed E-state index contributed by atoms with van der Waals surface area (Å²) in [5.74, 6) is -0.783. The van der Waals surface area contributed by atoms with Crippen molar-refractivity contribution in [2.75, 3.05) is 19.6 Å². The third kappa shape index (κ3) is 5.18. The number of benzene rings is 2. The van der Waals surface area contributed by atoms with Gasteiger partial charge in [0, 0.05) is 21.8 Å². The molecular weight excluding hydrogens is 517 g/mol. The van der Waals surface area contributed by atoms with E-state index < -0.39 is 23.9 Å². The Kier molecular flexibility index (Phi) is 6.79. The number of likely N-dealkylation sites (tertiary alicyclic amines) is 1. The van der Waals surface area contributed by atoms with Crippen molar-refractivity contribution in [3.8, 4) is 5.75 Å². The Morgan fingerprint density at radius 1 is 1.27 bits per heavy atom. The summed E-state index contributed by atoms with van der Waals surface area (Å²) in [6.45, 7) is 2.46. The van der Waals surface area contributed by atoms with Crippen molar-refractivity contribution in [1.29, 1.82) is 0 Å². The maximum Gasteiger partial charge on any atom is 0.275 e. The van der Waals surface area contributed by atoms with Gasteiger partial charge in [0.2, 0.25) is 0 Å². The summed E-state index contributed by atoms with van der Waals surface area (Å²) in [6, 6.07) is 9.41. The van der Waals surface area contributed by atoms with E-state index in [9.17, 15) is 14.3 Å². The van der Waals surface area contributed by atoms with Crippen LogP contribution in [0, 0.1) is 5.82 Å². The molecule has 2 aromatic carbocycles. The molecule has 194 valence electrons. The van der Waals surface area contributed by atoms with Crippen LogP contribution in [0.15, 0.2) is 41.6 Å². The van der Waals surface area contributed by atoms with Gasteiger partial charge in [-0.1, -0.05) is 28.9 Å². The summed E-state index contributed by atoms with van der Waals surface area (Å²) in [6.07, 6.45) is 2.92. The van der Waals surface area contributed by atoms with Crippen LogP contribution in [0.4, 0.5) is 4.39 Å². The maximum atomic E-state index is 14.7. The van der Waals surface area contributed by atoms with E-state index in [1.165, 1.54) is 17.4 Å². The highest BCUT2D eigenvalue weighted by molar-refractivity contribution is 7.21. The number of carbonyl (C=O) groups excluding carboxylic acids is 1. The molecule has 2 aliphatic heterocycles. The number of rotatable bonds is 8. The highest BCUT2D eigenvalue weighted by atomic mass is 35.5. The Bertz CT molecular complexity index is 1370. The van der Waals surface area contributed by atoms with Gasteiger partial charge in [-0.05, 0) is 74.0 Å². The van der Waals surface area contributed by atoms with Gasteiger partial charge in [0.15, 0.2) is 17.3 Å². The molecule has 6 rings (SSSR count). The highest BCUT2D eigenvalue weighted by Crippen LogP contribution is 2.36. The number of thiophene rings is 1. The Morgan fingerprint density at radius 2 is 2.08 bits per heavy atom. The van der Waals surface area contributed by atoms with Crippen LogP contribution in [0.5, 0.6) is 5.75 Å². The van der Waals surface area contributed by atoms with Crippen LogP contribution in [0.1, 0.15) is 47.8 Å². The van der Waals surface area contributed by atoms with E-state index in [4.69, 9.17) is 21.2 Å². The van der Waals surface area contributed by atoms with Crippen molar-refractivity contribution in [3.05, 3.63) is 63.2 Å². The predicted molar refractivity (Wildman–Crippen MR) is 141 cm³/mol. The monoisotopic (exact) mass is 543 g/mol. The lowest BCUT2D eigenvalue weighted by molar-refractivity contribution is -0.116. The first-order valence-electron chi connectivity index (χ1n) is 12.5. The SMILES string of the molecule is O=C(NC(CN1CCCC1)C(O)c1ccc(OC2CC2)c(F)c1)C1=NOCc2c1sc1cc(Cl)ccc21. The van der Waals surface area contributed by atoms with E-state index >= 15 is 0 Å². The van der Waals surface area contributed by atoms with E-state index in [1.807, 2.05) is 18.2 Å². The second kappa shape index (κ2) is 10.2. The second-order valence-electron chi connectivity index (χ2n) is 9.80. The molecule has 1 aromatic heterocycles. The minimum Gasteiger partial charge on any atom is -0.487 e. The molecule has 1 saturated carbocycles. The van der Waals surface area contributed by atoms with Gasteiger partial charge in [-0.25, -0.2) is 4.39 Å². The molecule has 0 spiro atoms. The number of carbonyl (C=O) groups is 1. The molecule has 2 fully saturated rings. The lowest BCUT2D eigenvalue weighted by atomic mass is 10.0. The summed E-state index contributed by atoms with van der Waals surface area (Å²) >= 11 is 7.61. The number of nitrogens with one attached hydrogen (secondary N) is 1. The summed E-state index contributed by atoms with van der Waals surface area (Å²) < 4.78 is 21.3. The molecular formula is C27H27ClFN3O4S. The molecule has 1 amide bonds.